The molecule has 0 saturated carbocycles. The Bertz CT molecular complexity index is 1840. The molecule has 6 rings (SSSR count). The van der Waals surface area contributed by atoms with E-state index in [2.05, 4.69) is 25.9 Å². The second-order valence-corrected chi connectivity index (χ2v) is 13.2. The Morgan fingerprint density at radius 2 is 1.46 bits per heavy atom. The van der Waals surface area contributed by atoms with Gasteiger partial charge in [0.1, 0.15) is 30.3 Å². The normalized spacial score (nSPS) is 24.0. The molecule has 2 aromatic heterocycles. The Balaban J connectivity index is 1.38. The molecule has 12 heteroatoms. The Kier molecular flexibility index (Phi) is 9.51. The lowest BCUT2D eigenvalue weighted by atomic mass is 10.0. The van der Waals surface area contributed by atoms with Gasteiger partial charge in [0.15, 0.2) is 0 Å². The minimum Gasteiger partial charge on any atom is -0.458 e. The van der Waals surface area contributed by atoms with Gasteiger partial charge in [-0.2, -0.15) is 0 Å². The molecule has 252 valence electrons. The van der Waals surface area contributed by atoms with Crippen molar-refractivity contribution in [2.24, 2.45) is 5.92 Å². The molecule has 4 aromatic rings. The van der Waals surface area contributed by atoms with E-state index in [1.54, 1.807) is 6.20 Å². The highest BCUT2D eigenvalue weighted by molar-refractivity contribution is 5.97. The fourth-order valence-electron chi connectivity index (χ4n) is 6.79. The van der Waals surface area contributed by atoms with E-state index >= 15 is 0 Å². The second kappa shape index (κ2) is 13.9. The van der Waals surface area contributed by atoms with Gasteiger partial charge in [-0.1, -0.05) is 50.2 Å². The maximum absolute atomic E-state index is 14.3. The molecule has 2 aromatic carbocycles. The number of esters is 1. The number of nitrogens with zero attached hydrogens (tertiary/aromatic N) is 1. The summed E-state index contributed by atoms with van der Waals surface area (Å²) in [5.74, 6) is -2.65. The first-order valence-corrected chi connectivity index (χ1v) is 16.6. The number of aromatic amines is 2. The number of rotatable bonds is 7. The first-order chi connectivity index (χ1) is 23.1. The molecular weight excluding hydrogens is 612 g/mol. The number of hydrogen-bond donors (Lipinski definition) is 5. The summed E-state index contributed by atoms with van der Waals surface area (Å²) in [6, 6.07) is 11.0. The molecule has 0 radical (unpaired) electrons. The van der Waals surface area contributed by atoms with Gasteiger partial charge in [-0.25, -0.2) is 4.79 Å². The number of nitrogens with one attached hydrogen (secondary N) is 5. The van der Waals surface area contributed by atoms with Crippen LogP contribution < -0.4 is 16.0 Å². The summed E-state index contributed by atoms with van der Waals surface area (Å²) in [6.45, 7) is 5.62. The zero-order chi connectivity index (χ0) is 33.9. The number of ether oxygens (including phenoxy) is 1. The molecule has 4 heterocycles. The summed E-state index contributed by atoms with van der Waals surface area (Å²) in [7, 11) is 0. The zero-order valence-electron chi connectivity index (χ0n) is 27.4. The van der Waals surface area contributed by atoms with E-state index in [-0.39, 0.29) is 31.1 Å². The van der Waals surface area contributed by atoms with Crippen LogP contribution in [0.2, 0.25) is 0 Å². The number of carbonyl (C=O) groups excluding carboxylic acids is 5. The van der Waals surface area contributed by atoms with Crippen LogP contribution in [-0.2, 0) is 41.6 Å². The van der Waals surface area contributed by atoms with Gasteiger partial charge in [0.05, 0.1) is 0 Å². The average Bonchev–Trinajstić information content (AvgIpc) is 3.81. The fourth-order valence-corrected chi connectivity index (χ4v) is 6.79. The molecule has 12 nitrogen and oxygen atoms in total. The van der Waals surface area contributed by atoms with E-state index in [1.165, 1.54) is 11.8 Å². The van der Waals surface area contributed by atoms with Crippen molar-refractivity contribution in [3.63, 3.8) is 0 Å². The van der Waals surface area contributed by atoms with Crippen LogP contribution in [0.3, 0.4) is 0 Å². The quantitative estimate of drug-likeness (QED) is 0.192. The van der Waals surface area contributed by atoms with Crippen molar-refractivity contribution in [2.75, 3.05) is 6.54 Å². The van der Waals surface area contributed by atoms with Crippen molar-refractivity contribution in [3.8, 4) is 0 Å². The number of fused-ring (bicyclic) bond motifs is 3. The van der Waals surface area contributed by atoms with Crippen LogP contribution in [0.15, 0.2) is 60.9 Å². The van der Waals surface area contributed by atoms with Crippen LogP contribution >= 0.6 is 0 Å². The van der Waals surface area contributed by atoms with Crippen molar-refractivity contribution >= 4 is 51.4 Å². The summed E-state index contributed by atoms with van der Waals surface area (Å²) in [5.41, 5.74) is 3.37. The number of benzene rings is 2. The van der Waals surface area contributed by atoms with Crippen LogP contribution in [0, 0.1) is 5.92 Å². The maximum Gasteiger partial charge on any atom is 0.329 e. The van der Waals surface area contributed by atoms with Crippen molar-refractivity contribution in [2.45, 2.75) is 83.1 Å². The van der Waals surface area contributed by atoms with Crippen LogP contribution in [0.4, 0.5) is 0 Å². The summed E-state index contributed by atoms with van der Waals surface area (Å²) in [4.78, 5) is 77.0. The number of para-hydroxylation sites is 2. The molecule has 48 heavy (non-hydrogen) atoms. The van der Waals surface area contributed by atoms with E-state index in [1.807, 2.05) is 68.6 Å². The number of amides is 4. The summed E-state index contributed by atoms with van der Waals surface area (Å²) in [6.07, 6.45) is 3.90. The third kappa shape index (κ3) is 6.92. The number of carbonyl (C=O) groups is 5. The van der Waals surface area contributed by atoms with Crippen molar-refractivity contribution in [1.29, 1.82) is 0 Å². The third-order valence-electron chi connectivity index (χ3n) is 9.22. The van der Waals surface area contributed by atoms with Gasteiger partial charge in [-0.3, -0.25) is 19.2 Å². The highest BCUT2D eigenvalue weighted by atomic mass is 16.5. The molecule has 0 aliphatic carbocycles. The van der Waals surface area contributed by atoms with E-state index in [0.29, 0.717) is 19.4 Å². The predicted molar refractivity (Wildman–Crippen MR) is 180 cm³/mol. The van der Waals surface area contributed by atoms with Crippen LogP contribution in [0.1, 0.15) is 51.2 Å². The first kappa shape index (κ1) is 32.8. The van der Waals surface area contributed by atoms with Crippen LogP contribution in [-0.4, -0.2) is 81.3 Å². The monoisotopic (exact) mass is 654 g/mol. The Morgan fingerprint density at radius 3 is 2.08 bits per heavy atom. The lowest BCUT2D eigenvalue weighted by Gasteiger charge is -2.29. The summed E-state index contributed by atoms with van der Waals surface area (Å²) < 4.78 is 5.82. The Labute approximate surface area is 278 Å². The standard InChI is InChI=1S/C36H42N6O6/c1-20(2)15-31(43)41-32-21(3)48-36(47)30-13-8-14-42(30)35(46)29(17-23-19-38-27-12-7-5-10-25(23)27)40-33(44)28(39-34(32)45)16-22-18-37-26-11-6-4-9-24(22)26/h4-7,9-12,18-21,28-30,32,37-38H,8,13-17H2,1-3H3,(H,39,45)(H,40,44)(H,41,43). The van der Waals surface area contributed by atoms with Gasteiger partial charge >= 0.3 is 5.97 Å². The van der Waals surface area contributed by atoms with Crippen LogP contribution in [0.25, 0.3) is 21.8 Å². The number of hydrogen-bond acceptors (Lipinski definition) is 6. The van der Waals surface area contributed by atoms with E-state index in [9.17, 15) is 24.0 Å². The highest BCUT2D eigenvalue weighted by Gasteiger charge is 2.42. The van der Waals surface area contributed by atoms with E-state index < -0.39 is 54.0 Å². The molecule has 5 atom stereocenters. The van der Waals surface area contributed by atoms with Gasteiger partial charge in [-0.15, -0.1) is 0 Å². The van der Waals surface area contributed by atoms with Gasteiger partial charge in [0.25, 0.3) is 0 Å². The van der Waals surface area contributed by atoms with Gasteiger partial charge < -0.3 is 35.6 Å². The minimum absolute atomic E-state index is 0.0215. The minimum atomic E-state index is -1.27. The molecule has 2 aliphatic rings. The highest BCUT2D eigenvalue weighted by Crippen LogP contribution is 2.25. The largest absolute Gasteiger partial charge is 0.458 e. The molecule has 2 saturated heterocycles. The molecule has 2 fully saturated rings. The van der Waals surface area contributed by atoms with Crippen molar-refractivity contribution in [3.05, 3.63) is 72.1 Å². The SMILES string of the molecule is CC(C)CC(=O)NC1C(=O)NC(Cc2c[nH]c3ccccc23)C(=O)NC(Cc2c[nH]c3ccccc23)C(=O)N2CCCC2C(=O)OC1C. The molecule has 5 N–H and O–H groups in total. The topological polar surface area (TPSA) is 165 Å². The number of H-pyrrole nitrogens is 2. The smallest absolute Gasteiger partial charge is 0.329 e. The van der Waals surface area contributed by atoms with Crippen LogP contribution in [0.5, 0.6) is 0 Å². The molecule has 0 spiro atoms. The lowest BCUT2D eigenvalue weighted by molar-refractivity contribution is -0.160. The van der Waals surface area contributed by atoms with Crippen molar-refractivity contribution in [1.82, 2.24) is 30.8 Å². The fraction of sp³-hybridized carbons (Fsp3) is 0.417. The number of cyclic esters (lactones) is 1. The lowest BCUT2D eigenvalue weighted by Crippen LogP contribution is -2.59. The molecular formula is C36H42N6O6. The molecule has 5 unspecified atom stereocenters. The summed E-state index contributed by atoms with van der Waals surface area (Å²) in [5, 5.41) is 10.3. The molecule has 2 aliphatic heterocycles. The third-order valence-corrected chi connectivity index (χ3v) is 9.22. The molecule has 4 amide bonds. The number of aromatic nitrogens is 2. The zero-order valence-corrected chi connectivity index (χ0v) is 27.4. The first-order valence-electron chi connectivity index (χ1n) is 16.6. The predicted octanol–water partition coefficient (Wildman–Crippen LogP) is 2.87. The van der Waals surface area contributed by atoms with E-state index in [0.717, 1.165) is 32.9 Å². The average molecular weight is 655 g/mol. The second-order valence-electron chi connectivity index (χ2n) is 13.2. The van der Waals surface area contributed by atoms with E-state index in [4.69, 9.17) is 4.74 Å². The Hall–Kier alpha value is -5.13. The Morgan fingerprint density at radius 1 is 0.875 bits per heavy atom. The van der Waals surface area contributed by atoms with Gasteiger partial charge in [0, 0.05) is 60.0 Å². The maximum atomic E-state index is 14.3. The molecule has 0 bridgehead atoms. The van der Waals surface area contributed by atoms with Crippen molar-refractivity contribution < 1.29 is 28.7 Å². The summed E-state index contributed by atoms with van der Waals surface area (Å²) >= 11 is 0. The van der Waals surface area contributed by atoms with Gasteiger partial charge in [0.2, 0.25) is 23.6 Å². The van der Waals surface area contributed by atoms with Gasteiger partial charge in [-0.05, 0) is 48.9 Å².